The molecule has 2 amide bonds. The highest BCUT2D eigenvalue weighted by Gasteiger charge is 2.34. The number of amides is 2. The zero-order valence-corrected chi connectivity index (χ0v) is 14.5. The van der Waals surface area contributed by atoms with Gasteiger partial charge in [-0.15, -0.1) is 0 Å². The number of piperazine rings is 1. The average molecular weight is 381 g/mol. The molecule has 0 aliphatic carbocycles. The molecular formula is C17H17F2N3O3S. The molecule has 1 N–H and O–H groups in total. The summed E-state index contributed by atoms with van der Waals surface area (Å²) >= 11 is 0. The molecule has 2 aromatic rings. The van der Waals surface area contributed by atoms with E-state index in [0.717, 1.165) is 22.5 Å². The van der Waals surface area contributed by atoms with Gasteiger partial charge in [0.05, 0.1) is 0 Å². The zero-order valence-electron chi connectivity index (χ0n) is 13.7. The number of anilines is 1. The Kier molecular flexibility index (Phi) is 5.19. The molecule has 6 nitrogen and oxygen atoms in total. The SMILES string of the molecule is O=C(Nc1ccccc1)N1CCN(S(=O)(=O)c2c(F)cccc2F)CC1. The van der Waals surface area contributed by atoms with Gasteiger partial charge in [0.15, 0.2) is 4.90 Å². The van der Waals surface area contributed by atoms with Crippen molar-refractivity contribution in [3.8, 4) is 0 Å². The summed E-state index contributed by atoms with van der Waals surface area (Å²) in [4.78, 5) is 12.7. The maximum absolute atomic E-state index is 13.8. The summed E-state index contributed by atoms with van der Waals surface area (Å²) in [5, 5.41) is 2.71. The van der Waals surface area contributed by atoms with Gasteiger partial charge < -0.3 is 10.2 Å². The van der Waals surface area contributed by atoms with Crippen molar-refractivity contribution >= 4 is 21.7 Å². The lowest BCUT2D eigenvalue weighted by molar-refractivity contribution is 0.184. The van der Waals surface area contributed by atoms with E-state index in [2.05, 4.69) is 5.32 Å². The summed E-state index contributed by atoms with van der Waals surface area (Å²) in [5.74, 6) is -2.26. The van der Waals surface area contributed by atoms with E-state index in [4.69, 9.17) is 0 Å². The molecule has 1 aliphatic rings. The number of rotatable bonds is 3. The quantitative estimate of drug-likeness (QED) is 0.888. The summed E-state index contributed by atoms with van der Waals surface area (Å²) in [5.41, 5.74) is 0.626. The third-order valence-corrected chi connectivity index (χ3v) is 6.02. The van der Waals surface area contributed by atoms with Crippen LogP contribution >= 0.6 is 0 Å². The first-order valence-electron chi connectivity index (χ1n) is 7.95. The molecule has 3 rings (SSSR count). The van der Waals surface area contributed by atoms with E-state index in [9.17, 15) is 22.0 Å². The number of carbonyl (C=O) groups excluding carboxylic acids is 1. The van der Waals surface area contributed by atoms with Crippen LogP contribution in [0.15, 0.2) is 53.4 Å². The first-order chi connectivity index (χ1) is 12.4. The highest BCUT2D eigenvalue weighted by molar-refractivity contribution is 7.89. The van der Waals surface area contributed by atoms with Crippen molar-refractivity contribution in [3.63, 3.8) is 0 Å². The van der Waals surface area contributed by atoms with E-state index in [1.165, 1.54) is 4.90 Å². The lowest BCUT2D eigenvalue weighted by atomic mass is 10.3. The van der Waals surface area contributed by atoms with Crippen molar-refractivity contribution < 1.29 is 22.0 Å². The van der Waals surface area contributed by atoms with E-state index < -0.39 is 26.6 Å². The van der Waals surface area contributed by atoms with Gasteiger partial charge in [-0.05, 0) is 24.3 Å². The van der Waals surface area contributed by atoms with Gasteiger partial charge >= 0.3 is 6.03 Å². The summed E-state index contributed by atoms with van der Waals surface area (Å²) < 4.78 is 53.7. The van der Waals surface area contributed by atoms with Gasteiger partial charge in [0, 0.05) is 31.9 Å². The van der Waals surface area contributed by atoms with Gasteiger partial charge in [-0.2, -0.15) is 4.31 Å². The maximum Gasteiger partial charge on any atom is 0.321 e. The lowest BCUT2D eigenvalue weighted by Crippen LogP contribution is -2.51. The highest BCUT2D eigenvalue weighted by Crippen LogP contribution is 2.23. The van der Waals surface area contributed by atoms with Crippen LogP contribution in [-0.4, -0.2) is 49.8 Å². The number of nitrogens with one attached hydrogen (secondary N) is 1. The van der Waals surface area contributed by atoms with Crippen LogP contribution in [0.3, 0.4) is 0 Å². The lowest BCUT2D eigenvalue weighted by Gasteiger charge is -2.34. The predicted octanol–water partition coefficient (Wildman–Crippen LogP) is 2.50. The van der Waals surface area contributed by atoms with Crippen LogP contribution in [0, 0.1) is 11.6 Å². The molecule has 0 atom stereocenters. The second-order valence-electron chi connectivity index (χ2n) is 5.74. The van der Waals surface area contributed by atoms with E-state index in [-0.39, 0.29) is 32.2 Å². The van der Waals surface area contributed by atoms with E-state index in [1.54, 1.807) is 24.3 Å². The first kappa shape index (κ1) is 18.3. The second kappa shape index (κ2) is 7.38. The standard InChI is InChI=1S/C17H17F2N3O3S/c18-14-7-4-8-15(19)16(14)26(24,25)22-11-9-21(10-12-22)17(23)20-13-5-2-1-3-6-13/h1-8H,9-12H2,(H,20,23). The molecule has 0 aromatic heterocycles. The van der Waals surface area contributed by atoms with Crippen LogP contribution in [-0.2, 0) is 10.0 Å². The number of hydrogen-bond acceptors (Lipinski definition) is 3. The molecule has 0 saturated carbocycles. The molecule has 1 fully saturated rings. The minimum atomic E-state index is -4.31. The van der Waals surface area contributed by atoms with E-state index >= 15 is 0 Å². The molecule has 9 heteroatoms. The smallest absolute Gasteiger partial charge is 0.321 e. The Labute approximate surface area is 150 Å². The number of hydrogen-bond donors (Lipinski definition) is 1. The van der Waals surface area contributed by atoms with Crippen molar-refractivity contribution in [2.75, 3.05) is 31.5 Å². The predicted molar refractivity (Wildman–Crippen MR) is 92.2 cm³/mol. The number of carbonyl (C=O) groups is 1. The fourth-order valence-electron chi connectivity index (χ4n) is 2.71. The zero-order chi connectivity index (χ0) is 18.7. The summed E-state index contributed by atoms with van der Waals surface area (Å²) in [7, 11) is -4.31. The molecule has 0 unspecified atom stereocenters. The van der Waals surface area contributed by atoms with Crippen LogP contribution < -0.4 is 5.32 Å². The van der Waals surface area contributed by atoms with Crippen LogP contribution in [0.4, 0.5) is 19.3 Å². The van der Waals surface area contributed by atoms with Gasteiger partial charge in [0.2, 0.25) is 10.0 Å². The Morgan fingerprint density at radius 2 is 1.46 bits per heavy atom. The largest absolute Gasteiger partial charge is 0.322 e. The molecule has 1 heterocycles. The van der Waals surface area contributed by atoms with Crippen molar-refractivity contribution in [2.45, 2.75) is 4.90 Å². The number of nitrogens with zero attached hydrogens (tertiary/aromatic N) is 2. The van der Waals surface area contributed by atoms with E-state index in [1.807, 2.05) is 6.07 Å². The minimum Gasteiger partial charge on any atom is -0.322 e. The number of para-hydroxylation sites is 1. The Bertz CT molecular complexity index is 878. The van der Waals surface area contributed by atoms with Crippen LogP contribution in [0.1, 0.15) is 0 Å². The van der Waals surface area contributed by atoms with Crippen LogP contribution in [0.2, 0.25) is 0 Å². The van der Waals surface area contributed by atoms with Crippen molar-refractivity contribution in [3.05, 3.63) is 60.2 Å². The van der Waals surface area contributed by atoms with Crippen molar-refractivity contribution in [2.24, 2.45) is 0 Å². The fourth-order valence-corrected chi connectivity index (χ4v) is 4.24. The molecule has 138 valence electrons. The molecule has 2 aromatic carbocycles. The maximum atomic E-state index is 13.8. The number of halogens is 2. The Balaban J connectivity index is 1.67. The number of urea groups is 1. The number of sulfonamides is 1. The summed E-state index contributed by atoms with van der Waals surface area (Å²) in [6.45, 7) is 0.151. The second-order valence-corrected chi connectivity index (χ2v) is 7.61. The third-order valence-electron chi connectivity index (χ3n) is 4.07. The molecule has 1 saturated heterocycles. The van der Waals surface area contributed by atoms with Gasteiger partial charge in [-0.1, -0.05) is 24.3 Å². The fraction of sp³-hybridized carbons (Fsp3) is 0.235. The first-order valence-corrected chi connectivity index (χ1v) is 9.39. The topological polar surface area (TPSA) is 69.7 Å². The van der Waals surface area contributed by atoms with Crippen LogP contribution in [0.25, 0.3) is 0 Å². The van der Waals surface area contributed by atoms with Crippen molar-refractivity contribution in [1.82, 2.24) is 9.21 Å². The highest BCUT2D eigenvalue weighted by atomic mass is 32.2. The molecule has 0 radical (unpaired) electrons. The van der Waals surface area contributed by atoms with Gasteiger partial charge in [-0.25, -0.2) is 22.0 Å². The molecule has 0 spiro atoms. The summed E-state index contributed by atoms with van der Waals surface area (Å²) in [6, 6.07) is 11.4. The van der Waals surface area contributed by atoms with E-state index in [0.29, 0.717) is 5.69 Å². The average Bonchev–Trinajstić information content (AvgIpc) is 2.62. The number of benzene rings is 2. The van der Waals surface area contributed by atoms with Crippen LogP contribution in [0.5, 0.6) is 0 Å². The minimum absolute atomic E-state index is 0.0433. The molecular weight excluding hydrogens is 364 g/mol. The normalized spacial score (nSPS) is 15.7. The van der Waals surface area contributed by atoms with Gasteiger partial charge in [-0.3, -0.25) is 0 Å². The van der Waals surface area contributed by atoms with Crippen molar-refractivity contribution in [1.29, 1.82) is 0 Å². The third kappa shape index (κ3) is 3.68. The monoisotopic (exact) mass is 381 g/mol. The Hall–Kier alpha value is -2.52. The molecule has 0 bridgehead atoms. The Morgan fingerprint density at radius 1 is 0.885 bits per heavy atom. The van der Waals surface area contributed by atoms with Gasteiger partial charge in [0.1, 0.15) is 11.6 Å². The Morgan fingerprint density at radius 3 is 2.04 bits per heavy atom. The van der Waals surface area contributed by atoms with Gasteiger partial charge in [0.25, 0.3) is 0 Å². The molecule has 1 aliphatic heterocycles. The summed E-state index contributed by atoms with van der Waals surface area (Å²) in [6.07, 6.45) is 0. The molecule has 26 heavy (non-hydrogen) atoms.